The molecule has 5 rings (SSSR count). The lowest BCUT2D eigenvalue weighted by Crippen LogP contribution is -2.09. The molecule has 0 aliphatic carbocycles. The van der Waals surface area contributed by atoms with Crippen molar-refractivity contribution >= 4 is 28.0 Å². The zero-order chi connectivity index (χ0) is 22.6. The van der Waals surface area contributed by atoms with Crippen LogP contribution >= 0.6 is 0 Å². The quantitative estimate of drug-likeness (QED) is 0.309. The van der Waals surface area contributed by atoms with Crippen molar-refractivity contribution in [3.63, 3.8) is 0 Å². The van der Waals surface area contributed by atoms with Gasteiger partial charge in [0.1, 0.15) is 0 Å². The molecular formula is C24H17F3N4O. The normalized spacial score (nSPS) is 12.0. The first kappa shape index (κ1) is 19.9. The molecule has 2 aromatic carbocycles. The minimum Gasteiger partial charge on any atom is -0.399 e. The van der Waals surface area contributed by atoms with Crippen LogP contribution in [0.2, 0.25) is 0 Å². The Morgan fingerprint density at radius 3 is 2.44 bits per heavy atom. The summed E-state index contributed by atoms with van der Waals surface area (Å²) in [5.74, 6) is -0.252. The summed E-state index contributed by atoms with van der Waals surface area (Å²) in [5, 5.41) is 0. The molecule has 5 nitrogen and oxygen atoms in total. The number of nitrogen functional groups attached to an aromatic ring is 1. The fourth-order valence-electron chi connectivity index (χ4n) is 3.97. The Kier molecular flexibility index (Phi) is 4.33. The Bertz CT molecular complexity index is 1490. The lowest BCUT2D eigenvalue weighted by Gasteiger charge is -2.15. The van der Waals surface area contributed by atoms with Gasteiger partial charge in [0.25, 0.3) is 0 Å². The summed E-state index contributed by atoms with van der Waals surface area (Å²) in [5.41, 5.74) is 7.98. The number of ketones is 1. The van der Waals surface area contributed by atoms with E-state index in [1.165, 1.54) is 12.4 Å². The minimum absolute atomic E-state index is 0.0129. The van der Waals surface area contributed by atoms with Gasteiger partial charge in [0, 0.05) is 30.1 Å². The third-order valence-corrected chi connectivity index (χ3v) is 5.56. The largest absolute Gasteiger partial charge is 0.417 e. The molecule has 0 radical (unpaired) electrons. The molecule has 0 aliphatic rings. The van der Waals surface area contributed by atoms with Crippen LogP contribution in [0.5, 0.6) is 0 Å². The first-order chi connectivity index (χ1) is 15.2. The monoisotopic (exact) mass is 434 g/mol. The minimum atomic E-state index is -4.56. The number of hydrogen-bond donors (Lipinski definition) is 1. The van der Waals surface area contributed by atoms with Crippen LogP contribution in [0.4, 0.5) is 18.9 Å². The molecule has 0 fully saturated rings. The number of alkyl halides is 3. The summed E-state index contributed by atoms with van der Waals surface area (Å²) in [6, 6.07) is 15.6. The van der Waals surface area contributed by atoms with Crippen LogP contribution in [-0.2, 0) is 13.2 Å². The van der Waals surface area contributed by atoms with E-state index in [2.05, 4.69) is 4.98 Å². The molecule has 2 N–H and O–H groups in total. The molecule has 0 spiro atoms. The zero-order valence-corrected chi connectivity index (χ0v) is 16.9. The Morgan fingerprint density at radius 1 is 0.969 bits per heavy atom. The van der Waals surface area contributed by atoms with Crippen LogP contribution in [0.15, 0.2) is 73.2 Å². The molecule has 8 heteroatoms. The van der Waals surface area contributed by atoms with E-state index in [0.717, 1.165) is 6.07 Å². The summed E-state index contributed by atoms with van der Waals surface area (Å²) in [4.78, 5) is 17.2. The van der Waals surface area contributed by atoms with Crippen LogP contribution in [0.3, 0.4) is 0 Å². The number of nitrogens with two attached hydrogens (primary N) is 1. The number of carbonyl (C=O) groups is 1. The van der Waals surface area contributed by atoms with E-state index in [0.29, 0.717) is 39.1 Å². The van der Waals surface area contributed by atoms with E-state index >= 15 is 0 Å². The van der Waals surface area contributed by atoms with Gasteiger partial charge < -0.3 is 14.7 Å². The molecule has 0 atom stereocenters. The van der Waals surface area contributed by atoms with Crippen molar-refractivity contribution in [2.24, 2.45) is 7.05 Å². The number of aryl methyl sites for hydroxylation is 1. The summed E-state index contributed by atoms with van der Waals surface area (Å²) in [6.45, 7) is 0. The average molecular weight is 434 g/mol. The summed E-state index contributed by atoms with van der Waals surface area (Å²) in [6.07, 6.45) is -1.42. The van der Waals surface area contributed by atoms with Crippen molar-refractivity contribution in [3.8, 4) is 11.1 Å². The Balaban J connectivity index is 1.72. The van der Waals surface area contributed by atoms with Crippen molar-refractivity contribution in [2.45, 2.75) is 6.18 Å². The fraction of sp³-hybridized carbons (Fsp3) is 0.0833. The van der Waals surface area contributed by atoms with Crippen molar-refractivity contribution in [1.82, 2.24) is 14.0 Å². The fourth-order valence-corrected chi connectivity index (χ4v) is 3.97. The number of fused-ring (bicyclic) bond motifs is 2. The third kappa shape index (κ3) is 3.11. The molecule has 0 bridgehead atoms. The van der Waals surface area contributed by atoms with Crippen LogP contribution in [-0.4, -0.2) is 19.7 Å². The molecule has 3 heterocycles. The van der Waals surface area contributed by atoms with Gasteiger partial charge in [-0.15, -0.1) is 0 Å². The molecule has 5 aromatic rings. The van der Waals surface area contributed by atoms with E-state index in [-0.39, 0.29) is 11.3 Å². The molecular weight excluding hydrogens is 417 g/mol. The molecule has 3 aromatic heterocycles. The second kappa shape index (κ2) is 6.98. The smallest absolute Gasteiger partial charge is 0.399 e. The van der Waals surface area contributed by atoms with E-state index in [1.807, 2.05) is 0 Å². The highest BCUT2D eigenvalue weighted by molar-refractivity contribution is 6.09. The average Bonchev–Trinajstić information content (AvgIpc) is 3.36. The van der Waals surface area contributed by atoms with E-state index in [4.69, 9.17) is 5.73 Å². The van der Waals surface area contributed by atoms with Gasteiger partial charge in [-0.1, -0.05) is 6.07 Å². The summed E-state index contributed by atoms with van der Waals surface area (Å²) < 4.78 is 45.1. The Labute approximate surface area is 180 Å². The number of rotatable bonds is 3. The summed E-state index contributed by atoms with van der Waals surface area (Å²) in [7, 11) is 1.65. The number of benzene rings is 2. The molecule has 0 saturated carbocycles. The van der Waals surface area contributed by atoms with Gasteiger partial charge in [-0.2, -0.15) is 13.2 Å². The number of pyridine rings is 1. The lowest BCUT2D eigenvalue weighted by molar-refractivity contribution is -0.137. The van der Waals surface area contributed by atoms with Gasteiger partial charge in [-0.25, -0.2) is 4.98 Å². The Hall–Kier alpha value is -4.07. The highest BCUT2D eigenvalue weighted by atomic mass is 19.4. The molecule has 160 valence electrons. The number of halogens is 3. The predicted molar refractivity (Wildman–Crippen MR) is 116 cm³/mol. The molecule has 0 aliphatic heterocycles. The van der Waals surface area contributed by atoms with Crippen LogP contribution in [0.1, 0.15) is 21.6 Å². The molecule has 0 amide bonds. The number of aromatic nitrogens is 3. The van der Waals surface area contributed by atoms with Gasteiger partial charge in [0.05, 0.1) is 34.1 Å². The SMILES string of the molecule is Cn1cnc2cc(-c3cccn4c(C(=O)c5ccc(N)cc5)ccc34)c(C(F)(F)F)cc21. The lowest BCUT2D eigenvalue weighted by atomic mass is 9.98. The first-order valence-electron chi connectivity index (χ1n) is 9.77. The number of imidazole rings is 1. The molecule has 0 saturated heterocycles. The van der Waals surface area contributed by atoms with Crippen LogP contribution in [0.25, 0.3) is 27.7 Å². The predicted octanol–water partition coefficient (Wildman–Crippen LogP) is 5.33. The van der Waals surface area contributed by atoms with Gasteiger partial charge >= 0.3 is 6.18 Å². The Morgan fingerprint density at radius 2 is 1.72 bits per heavy atom. The highest BCUT2D eigenvalue weighted by Gasteiger charge is 2.35. The van der Waals surface area contributed by atoms with Gasteiger partial charge in [0.2, 0.25) is 5.78 Å². The zero-order valence-electron chi connectivity index (χ0n) is 16.9. The first-order valence-corrected chi connectivity index (χ1v) is 9.77. The maximum Gasteiger partial charge on any atom is 0.417 e. The van der Waals surface area contributed by atoms with Crippen molar-refractivity contribution < 1.29 is 18.0 Å². The van der Waals surface area contributed by atoms with Crippen molar-refractivity contribution in [3.05, 3.63) is 90.0 Å². The van der Waals surface area contributed by atoms with Gasteiger partial charge in [-0.3, -0.25) is 4.79 Å². The van der Waals surface area contributed by atoms with Crippen LogP contribution < -0.4 is 5.73 Å². The number of anilines is 1. The third-order valence-electron chi connectivity index (χ3n) is 5.56. The topological polar surface area (TPSA) is 65.3 Å². The van der Waals surface area contributed by atoms with E-state index in [9.17, 15) is 18.0 Å². The van der Waals surface area contributed by atoms with E-state index < -0.39 is 11.7 Å². The molecule has 0 unspecified atom stereocenters. The van der Waals surface area contributed by atoms with Crippen molar-refractivity contribution in [1.29, 1.82) is 0 Å². The van der Waals surface area contributed by atoms with Crippen molar-refractivity contribution in [2.75, 3.05) is 5.73 Å². The number of carbonyl (C=O) groups excluding carboxylic acids is 1. The second-order valence-corrected chi connectivity index (χ2v) is 7.59. The van der Waals surface area contributed by atoms with Gasteiger partial charge in [0.15, 0.2) is 0 Å². The van der Waals surface area contributed by atoms with Crippen LogP contribution in [0, 0.1) is 0 Å². The maximum atomic E-state index is 14.0. The highest BCUT2D eigenvalue weighted by Crippen LogP contribution is 2.40. The molecule has 32 heavy (non-hydrogen) atoms. The maximum absolute atomic E-state index is 14.0. The van der Waals surface area contributed by atoms with Gasteiger partial charge in [-0.05, 0) is 60.2 Å². The summed E-state index contributed by atoms with van der Waals surface area (Å²) >= 11 is 0. The standard InChI is InChI=1S/C24H17F3N4O/c1-30-13-29-19-11-17(18(12-22(19)30)24(25,26)27)16-3-2-10-31-20(16)8-9-21(31)23(32)14-4-6-15(28)7-5-14/h2-13H,28H2,1H3. The van der Waals surface area contributed by atoms with E-state index in [1.54, 1.807) is 70.7 Å². The second-order valence-electron chi connectivity index (χ2n) is 7.59. The number of nitrogens with zero attached hydrogens (tertiary/aromatic N) is 3. The number of hydrogen-bond acceptors (Lipinski definition) is 3.